The molecule has 0 aliphatic carbocycles. The smallest absolute Gasteiger partial charge is 0.0165 e. The van der Waals surface area contributed by atoms with Gasteiger partial charge in [0.2, 0.25) is 0 Å². The third kappa shape index (κ3) is 5.32. The average Bonchev–Trinajstić information content (AvgIpc) is 3.43. The van der Waals surface area contributed by atoms with Gasteiger partial charge >= 0.3 is 0 Å². The van der Waals surface area contributed by atoms with Gasteiger partial charge in [0, 0.05) is 11.3 Å². The van der Waals surface area contributed by atoms with Crippen molar-refractivity contribution in [2.75, 3.05) is 0 Å². The molecular weight excluding hydrogens is 687 g/mol. The lowest BCUT2D eigenvalue weighted by molar-refractivity contribution is 0.723. The molecule has 0 bridgehead atoms. The number of hydrogen-bond acceptors (Lipinski definition) is 0. The van der Waals surface area contributed by atoms with E-state index in [9.17, 15) is 0 Å². The largest absolute Gasteiger partial charge is 0.0880 e. The molecule has 0 radical (unpaired) electrons. The van der Waals surface area contributed by atoms with Gasteiger partial charge in [-0.3, -0.25) is 0 Å². The van der Waals surface area contributed by atoms with E-state index in [-0.39, 0.29) is 10.3 Å². The molecule has 0 spiro atoms. The van der Waals surface area contributed by atoms with E-state index in [1.807, 2.05) is 0 Å². The van der Waals surface area contributed by atoms with Crippen LogP contribution in [-0.2, 0) is 12.3 Å². The van der Waals surface area contributed by atoms with Crippen LogP contribution in [0.4, 0.5) is 0 Å². The Morgan fingerprint density at radius 1 is 0.352 bits per heavy atom. The van der Waals surface area contributed by atoms with Crippen molar-refractivity contribution in [2.45, 2.75) is 75.5 Å². The SMILES string of the molecule is CC(C)(C)P1Cc2ccc3ccccc3c2-c2c(ccc3ccccc23)C1C1c2ccc3ccccc3c2-c2c(ccc3ccccc23)CP1C(C)(C)C. The summed E-state index contributed by atoms with van der Waals surface area (Å²) < 4.78 is 0. The molecule has 0 fully saturated rings. The molecule has 10 rings (SSSR count). The molecule has 4 atom stereocenters. The third-order valence-corrected chi connectivity index (χ3v) is 20.0. The highest BCUT2D eigenvalue weighted by molar-refractivity contribution is 7.63. The van der Waals surface area contributed by atoms with Crippen LogP contribution in [0, 0.1) is 0 Å². The van der Waals surface area contributed by atoms with Crippen molar-refractivity contribution in [1.29, 1.82) is 0 Å². The van der Waals surface area contributed by atoms with Crippen molar-refractivity contribution in [3.05, 3.63) is 168 Å². The highest BCUT2D eigenvalue weighted by Crippen LogP contribution is 2.79. The van der Waals surface area contributed by atoms with Crippen LogP contribution in [0.2, 0.25) is 0 Å². The average molecular weight is 735 g/mol. The summed E-state index contributed by atoms with van der Waals surface area (Å²) in [6.07, 6.45) is 2.24. The molecule has 0 N–H and O–H groups in total. The van der Waals surface area contributed by atoms with Crippen molar-refractivity contribution in [3.8, 4) is 22.3 Å². The molecule has 2 heterocycles. The molecule has 2 aliphatic rings. The lowest BCUT2D eigenvalue weighted by atomic mass is 9.83. The second-order valence-corrected chi connectivity index (χ2v) is 23.9. The van der Waals surface area contributed by atoms with Crippen LogP contribution in [-0.4, -0.2) is 10.3 Å². The highest BCUT2D eigenvalue weighted by Gasteiger charge is 2.48. The summed E-state index contributed by atoms with van der Waals surface area (Å²) in [5, 5.41) is 11.1. The third-order valence-electron chi connectivity index (χ3n) is 12.5. The van der Waals surface area contributed by atoms with E-state index in [1.54, 1.807) is 11.1 Å². The van der Waals surface area contributed by atoms with Gasteiger partial charge in [0.25, 0.3) is 0 Å². The molecule has 0 saturated heterocycles. The van der Waals surface area contributed by atoms with Gasteiger partial charge in [-0.15, -0.1) is 0 Å². The van der Waals surface area contributed by atoms with Gasteiger partial charge in [0.05, 0.1) is 0 Å². The first-order valence-electron chi connectivity index (χ1n) is 19.7. The summed E-state index contributed by atoms with van der Waals surface area (Å²) in [7, 11) is -1.11. The fourth-order valence-electron chi connectivity index (χ4n) is 10.0. The van der Waals surface area contributed by atoms with E-state index >= 15 is 0 Å². The van der Waals surface area contributed by atoms with Crippen LogP contribution in [0.1, 0.15) is 75.1 Å². The maximum Gasteiger partial charge on any atom is 0.0165 e. The molecule has 54 heavy (non-hydrogen) atoms. The first-order chi connectivity index (χ1) is 26.1. The fraction of sp³-hybridized carbons (Fsp3) is 0.231. The Morgan fingerprint density at radius 3 is 0.981 bits per heavy atom. The molecule has 2 heteroatoms. The lowest BCUT2D eigenvalue weighted by Crippen LogP contribution is -2.25. The molecule has 2 aliphatic heterocycles. The standard InChI is InChI=1S/C52H48P2/c1-51(2,3)53-31-37-25-23-33-15-7-11-19-39(33)45(37)47-41-21-13-9-17-35(41)27-29-43(47)49(53)50-44-30-28-36-18-10-14-22-42(36)48(44)46-38(32-54(50)52(4,5)6)26-24-34-16-8-12-20-40(34)46/h7-30,49-50H,31-32H2,1-6H3. The minimum Gasteiger partial charge on any atom is -0.0880 e. The summed E-state index contributed by atoms with van der Waals surface area (Å²) in [5.41, 5.74) is 12.8. The number of rotatable bonds is 1. The molecule has 266 valence electrons. The lowest BCUT2D eigenvalue weighted by Gasteiger charge is -2.48. The van der Waals surface area contributed by atoms with Gasteiger partial charge in [-0.2, -0.15) is 0 Å². The fourth-order valence-corrected chi connectivity index (χ4v) is 17.3. The van der Waals surface area contributed by atoms with Gasteiger partial charge in [0.1, 0.15) is 0 Å². The van der Waals surface area contributed by atoms with Crippen LogP contribution in [0.5, 0.6) is 0 Å². The highest BCUT2D eigenvalue weighted by atomic mass is 31.1. The van der Waals surface area contributed by atoms with Crippen molar-refractivity contribution in [1.82, 2.24) is 0 Å². The van der Waals surface area contributed by atoms with Crippen molar-refractivity contribution in [3.63, 3.8) is 0 Å². The normalized spacial score (nSPS) is 19.9. The summed E-state index contributed by atoms with van der Waals surface area (Å²) in [6, 6.07) is 56.5. The Bertz CT molecular complexity index is 2580. The van der Waals surface area contributed by atoms with Gasteiger partial charge < -0.3 is 0 Å². The second-order valence-electron chi connectivity index (χ2n) is 17.6. The summed E-state index contributed by atoms with van der Waals surface area (Å²) in [4.78, 5) is 0. The molecule has 0 nitrogen and oxygen atoms in total. The molecule has 0 amide bonds. The Kier molecular flexibility index (Phi) is 7.97. The van der Waals surface area contributed by atoms with Gasteiger partial charge in [-0.05, 0) is 110 Å². The monoisotopic (exact) mass is 734 g/mol. The van der Waals surface area contributed by atoms with E-state index in [1.165, 1.54) is 76.5 Å². The van der Waals surface area contributed by atoms with E-state index in [0.29, 0.717) is 11.3 Å². The number of hydrogen-bond donors (Lipinski definition) is 0. The Morgan fingerprint density at radius 2 is 0.648 bits per heavy atom. The maximum absolute atomic E-state index is 2.59. The topological polar surface area (TPSA) is 0 Å². The van der Waals surface area contributed by atoms with E-state index in [0.717, 1.165) is 12.3 Å². The molecule has 4 unspecified atom stereocenters. The summed E-state index contributed by atoms with van der Waals surface area (Å²) in [6.45, 7) is 15.3. The quantitative estimate of drug-likeness (QED) is 0.147. The number of fused-ring (bicyclic) bond motifs is 14. The van der Waals surface area contributed by atoms with Crippen molar-refractivity contribution in [2.24, 2.45) is 0 Å². The van der Waals surface area contributed by atoms with Gasteiger partial charge in [-0.25, -0.2) is 0 Å². The first-order valence-corrected chi connectivity index (χ1v) is 22.9. The molecular formula is C52H48P2. The van der Waals surface area contributed by atoms with Crippen LogP contribution >= 0.6 is 15.8 Å². The van der Waals surface area contributed by atoms with Crippen molar-refractivity contribution >= 4 is 58.9 Å². The zero-order valence-corrected chi connectivity index (χ0v) is 34.1. The summed E-state index contributed by atoms with van der Waals surface area (Å²) in [5.74, 6) is 0. The minimum absolute atomic E-state index is 0.123. The Hall–Kier alpha value is -4.34. The van der Waals surface area contributed by atoms with E-state index < -0.39 is 15.8 Å². The zero-order chi connectivity index (χ0) is 36.9. The maximum atomic E-state index is 2.59. The molecule has 0 aromatic heterocycles. The Labute approximate surface area is 323 Å². The van der Waals surface area contributed by atoms with Gasteiger partial charge in [0.15, 0.2) is 0 Å². The predicted octanol–water partition coefficient (Wildman–Crippen LogP) is 16.0. The summed E-state index contributed by atoms with van der Waals surface area (Å²) >= 11 is 0. The molecule has 0 saturated carbocycles. The van der Waals surface area contributed by atoms with Crippen LogP contribution < -0.4 is 0 Å². The van der Waals surface area contributed by atoms with Gasteiger partial charge in [-0.1, -0.05) is 203 Å². The predicted molar refractivity (Wildman–Crippen MR) is 240 cm³/mol. The Balaban J connectivity index is 1.38. The van der Waals surface area contributed by atoms with Crippen LogP contribution in [0.25, 0.3) is 65.3 Å². The first kappa shape index (κ1) is 34.2. The van der Waals surface area contributed by atoms with Crippen LogP contribution in [0.3, 0.4) is 0 Å². The van der Waals surface area contributed by atoms with Crippen molar-refractivity contribution < 1.29 is 0 Å². The molecule has 8 aromatic carbocycles. The van der Waals surface area contributed by atoms with E-state index in [2.05, 4.69) is 187 Å². The minimum atomic E-state index is -0.557. The second kappa shape index (κ2) is 12.6. The zero-order valence-electron chi connectivity index (χ0n) is 32.3. The molecule has 8 aromatic rings. The van der Waals surface area contributed by atoms with E-state index in [4.69, 9.17) is 0 Å². The number of benzene rings is 8. The van der Waals surface area contributed by atoms with Crippen LogP contribution in [0.15, 0.2) is 146 Å².